The van der Waals surface area contributed by atoms with E-state index in [-0.39, 0.29) is 6.03 Å². The Kier molecular flexibility index (Phi) is 5.64. The second kappa shape index (κ2) is 8.11. The van der Waals surface area contributed by atoms with Gasteiger partial charge in [-0.25, -0.2) is 9.78 Å². The summed E-state index contributed by atoms with van der Waals surface area (Å²) in [7, 11) is 0. The second-order valence-electron chi connectivity index (χ2n) is 6.11. The van der Waals surface area contributed by atoms with Crippen LogP contribution in [-0.2, 0) is 0 Å². The van der Waals surface area contributed by atoms with Crippen molar-refractivity contribution in [3.8, 4) is 10.6 Å². The molecule has 0 unspecified atom stereocenters. The molecule has 24 heavy (non-hydrogen) atoms. The van der Waals surface area contributed by atoms with Gasteiger partial charge in [0.2, 0.25) is 0 Å². The number of rotatable bonds is 5. The third kappa shape index (κ3) is 4.68. The van der Waals surface area contributed by atoms with Crippen LogP contribution in [-0.4, -0.2) is 17.6 Å². The molecule has 2 N–H and O–H groups in total. The van der Waals surface area contributed by atoms with Crippen LogP contribution in [0.3, 0.4) is 0 Å². The molecule has 0 fully saturated rings. The molecule has 3 rings (SSSR count). The standard InChI is InChI=1S/C19H23N3OS/c1-14-13-24-18(21-14)16-7-9-17(10-8-16)22-19(23)20-12-11-15-5-3-2-4-6-15/h5,7-10,13H,2-4,6,11-12H2,1H3,(H2,20,22,23). The van der Waals surface area contributed by atoms with Crippen LogP contribution in [0.25, 0.3) is 10.6 Å². The molecule has 5 heteroatoms. The predicted octanol–water partition coefficient (Wildman–Crippen LogP) is 5.13. The molecule has 1 aromatic heterocycles. The van der Waals surface area contributed by atoms with Crippen molar-refractivity contribution in [1.82, 2.24) is 10.3 Å². The van der Waals surface area contributed by atoms with Gasteiger partial charge in [0.1, 0.15) is 5.01 Å². The number of hydrogen-bond donors (Lipinski definition) is 2. The first kappa shape index (κ1) is 16.7. The lowest BCUT2D eigenvalue weighted by molar-refractivity contribution is 0.252. The van der Waals surface area contributed by atoms with Gasteiger partial charge in [-0.2, -0.15) is 0 Å². The van der Waals surface area contributed by atoms with Crippen molar-refractivity contribution in [2.45, 2.75) is 39.0 Å². The van der Waals surface area contributed by atoms with E-state index < -0.39 is 0 Å². The number of thiazole rings is 1. The minimum atomic E-state index is -0.149. The Bertz CT molecular complexity index is 718. The topological polar surface area (TPSA) is 54.0 Å². The molecule has 4 nitrogen and oxygen atoms in total. The lowest BCUT2D eigenvalue weighted by atomic mass is 9.97. The highest BCUT2D eigenvalue weighted by Crippen LogP contribution is 2.24. The van der Waals surface area contributed by atoms with Gasteiger partial charge in [0, 0.05) is 28.9 Å². The molecule has 1 aromatic carbocycles. The highest BCUT2D eigenvalue weighted by atomic mass is 32.1. The van der Waals surface area contributed by atoms with E-state index in [1.165, 1.54) is 31.3 Å². The van der Waals surface area contributed by atoms with Gasteiger partial charge in [0.15, 0.2) is 0 Å². The second-order valence-corrected chi connectivity index (χ2v) is 6.97. The van der Waals surface area contributed by atoms with Crippen molar-refractivity contribution in [2.24, 2.45) is 0 Å². The van der Waals surface area contributed by atoms with E-state index in [9.17, 15) is 4.79 Å². The summed E-state index contributed by atoms with van der Waals surface area (Å²) in [5.74, 6) is 0. The first-order valence-electron chi connectivity index (χ1n) is 8.46. The predicted molar refractivity (Wildman–Crippen MR) is 100 cm³/mol. The zero-order valence-corrected chi connectivity index (χ0v) is 14.8. The molecule has 0 bridgehead atoms. The van der Waals surface area contributed by atoms with Crippen molar-refractivity contribution in [3.05, 3.63) is 47.0 Å². The molecule has 2 aromatic rings. The van der Waals surface area contributed by atoms with E-state index >= 15 is 0 Å². The van der Waals surface area contributed by atoms with Crippen LogP contribution in [0.4, 0.5) is 10.5 Å². The number of benzene rings is 1. The van der Waals surface area contributed by atoms with Gasteiger partial charge in [-0.1, -0.05) is 11.6 Å². The number of nitrogens with one attached hydrogen (secondary N) is 2. The van der Waals surface area contributed by atoms with Crippen LogP contribution < -0.4 is 10.6 Å². The summed E-state index contributed by atoms with van der Waals surface area (Å²) in [4.78, 5) is 16.4. The SMILES string of the molecule is Cc1csc(-c2ccc(NC(=O)NCCC3=CCCCC3)cc2)n1. The molecule has 0 atom stereocenters. The molecule has 1 heterocycles. The van der Waals surface area contributed by atoms with Gasteiger partial charge in [0.05, 0.1) is 0 Å². The van der Waals surface area contributed by atoms with E-state index in [0.29, 0.717) is 6.54 Å². The third-order valence-electron chi connectivity index (χ3n) is 4.13. The van der Waals surface area contributed by atoms with E-state index in [2.05, 4.69) is 21.7 Å². The molecule has 1 aliphatic rings. The van der Waals surface area contributed by atoms with E-state index in [1.807, 2.05) is 36.6 Å². The highest BCUT2D eigenvalue weighted by molar-refractivity contribution is 7.13. The maximum absolute atomic E-state index is 12.0. The van der Waals surface area contributed by atoms with Gasteiger partial charge < -0.3 is 10.6 Å². The smallest absolute Gasteiger partial charge is 0.319 e. The van der Waals surface area contributed by atoms with Crippen molar-refractivity contribution in [3.63, 3.8) is 0 Å². The molecule has 0 radical (unpaired) electrons. The Hall–Kier alpha value is -2.14. The van der Waals surface area contributed by atoms with Crippen LogP contribution in [0, 0.1) is 6.92 Å². The van der Waals surface area contributed by atoms with Crippen LogP contribution in [0.15, 0.2) is 41.3 Å². The summed E-state index contributed by atoms with van der Waals surface area (Å²) in [5, 5.41) is 8.85. The fourth-order valence-corrected chi connectivity index (χ4v) is 3.63. The number of anilines is 1. The molecule has 1 aliphatic carbocycles. The fraction of sp³-hybridized carbons (Fsp3) is 0.368. The monoisotopic (exact) mass is 341 g/mol. The summed E-state index contributed by atoms with van der Waals surface area (Å²) >= 11 is 1.63. The molecular weight excluding hydrogens is 318 g/mol. The maximum atomic E-state index is 12.0. The van der Waals surface area contributed by atoms with Gasteiger partial charge in [-0.05, 0) is 63.3 Å². The highest BCUT2D eigenvalue weighted by Gasteiger charge is 2.06. The summed E-state index contributed by atoms with van der Waals surface area (Å²) in [6.45, 7) is 2.68. The number of nitrogens with zero attached hydrogens (tertiary/aromatic N) is 1. The van der Waals surface area contributed by atoms with E-state index in [4.69, 9.17) is 0 Å². The number of carbonyl (C=O) groups excluding carboxylic acids is 1. The minimum absolute atomic E-state index is 0.149. The summed E-state index contributed by atoms with van der Waals surface area (Å²) < 4.78 is 0. The third-order valence-corrected chi connectivity index (χ3v) is 5.13. The Morgan fingerprint density at radius 2 is 2.08 bits per heavy atom. The minimum Gasteiger partial charge on any atom is -0.338 e. The number of hydrogen-bond acceptors (Lipinski definition) is 3. The van der Waals surface area contributed by atoms with Crippen LogP contribution in [0.2, 0.25) is 0 Å². The van der Waals surface area contributed by atoms with Crippen molar-refractivity contribution >= 4 is 23.1 Å². The largest absolute Gasteiger partial charge is 0.338 e. The molecule has 126 valence electrons. The van der Waals surface area contributed by atoms with Gasteiger partial charge >= 0.3 is 6.03 Å². The lowest BCUT2D eigenvalue weighted by Crippen LogP contribution is -2.29. The summed E-state index contributed by atoms with van der Waals surface area (Å²) in [6.07, 6.45) is 8.22. The maximum Gasteiger partial charge on any atom is 0.319 e. The molecule has 0 aliphatic heterocycles. The molecule has 0 spiro atoms. The first-order valence-corrected chi connectivity index (χ1v) is 9.34. The van der Waals surface area contributed by atoms with Crippen LogP contribution in [0.5, 0.6) is 0 Å². The fourth-order valence-electron chi connectivity index (χ4n) is 2.83. The lowest BCUT2D eigenvalue weighted by Gasteiger charge is -2.13. The Morgan fingerprint density at radius 1 is 1.25 bits per heavy atom. The normalized spacial score (nSPS) is 14.1. The van der Waals surface area contributed by atoms with Gasteiger partial charge in [-0.3, -0.25) is 0 Å². The van der Waals surface area contributed by atoms with Crippen molar-refractivity contribution in [2.75, 3.05) is 11.9 Å². The van der Waals surface area contributed by atoms with Crippen molar-refractivity contribution < 1.29 is 4.79 Å². The Labute approximate surface area is 147 Å². The number of aromatic nitrogens is 1. The zero-order chi connectivity index (χ0) is 16.8. The quantitative estimate of drug-likeness (QED) is 0.741. The Balaban J connectivity index is 1.46. The number of allylic oxidation sites excluding steroid dienone is 1. The first-order chi connectivity index (χ1) is 11.7. The molecular formula is C19H23N3OS. The van der Waals surface area contributed by atoms with Gasteiger partial charge in [0.25, 0.3) is 0 Å². The van der Waals surface area contributed by atoms with E-state index in [1.54, 1.807) is 11.3 Å². The van der Waals surface area contributed by atoms with Crippen molar-refractivity contribution in [1.29, 1.82) is 0 Å². The molecule has 0 saturated heterocycles. The zero-order valence-electron chi connectivity index (χ0n) is 14.0. The average molecular weight is 341 g/mol. The number of carbonyl (C=O) groups is 1. The summed E-state index contributed by atoms with van der Waals surface area (Å²) in [5.41, 5.74) is 4.37. The summed E-state index contributed by atoms with van der Waals surface area (Å²) in [6, 6.07) is 7.65. The number of amides is 2. The van der Waals surface area contributed by atoms with Gasteiger partial charge in [-0.15, -0.1) is 11.3 Å². The molecule has 0 saturated carbocycles. The van der Waals surface area contributed by atoms with E-state index in [0.717, 1.165) is 28.4 Å². The average Bonchev–Trinajstić information content (AvgIpc) is 3.03. The van der Waals surface area contributed by atoms with Crippen LogP contribution in [0.1, 0.15) is 37.8 Å². The molecule has 2 amide bonds. The number of urea groups is 1. The van der Waals surface area contributed by atoms with Crippen LogP contribution >= 0.6 is 11.3 Å². The Morgan fingerprint density at radius 3 is 2.75 bits per heavy atom. The number of aryl methyl sites for hydroxylation is 1.